The summed E-state index contributed by atoms with van der Waals surface area (Å²) in [5, 5.41) is 25.1. The fourth-order valence-corrected chi connectivity index (χ4v) is 2.76. The van der Waals surface area contributed by atoms with E-state index in [9.17, 15) is 15.2 Å². The highest BCUT2D eigenvalue weighted by atomic mass is 32.1. The van der Waals surface area contributed by atoms with Crippen LogP contribution < -0.4 is 5.32 Å². The standard InChI is InChI=1S/C13H12N4O3S/c18-10-3-1-9(2-4-10)5-6-14-11-12(17(19)20)16-7-8-21-13(16)15-11/h1-4,7-8,14,18H,5-6H2. The van der Waals surface area contributed by atoms with Crippen LogP contribution >= 0.6 is 11.3 Å². The maximum atomic E-state index is 11.1. The van der Waals surface area contributed by atoms with Crippen molar-refractivity contribution in [3.8, 4) is 5.75 Å². The van der Waals surface area contributed by atoms with Crippen molar-refractivity contribution in [2.75, 3.05) is 11.9 Å². The fraction of sp³-hybridized carbons (Fsp3) is 0.154. The number of rotatable bonds is 5. The van der Waals surface area contributed by atoms with Gasteiger partial charge in [-0.1, -0.05) is 23.5 Å². The predicted molar refractivity (Wildman–Crippen MR) is 80.0 cm³/mol. The number of aromatic hydroxyl groups is 1. The first-order valence-corrected chi connectivity index (χ1v) is 7.15. The number of benzene rings is 1. The number of hydrogen-bond donors (Lipinski definition) is 2. The number of aromatic nitrogens is 2. The van der Waals surface area contributed by atoms with E-state index in [-0.39, 0.29) is 17.4 Å². The van der Waals surface area contributed by atoms with Crippen LogP contribution in [0.4, 0.5) is 11.6 Å². The molecule has 3 aromatic rings. The van der Waals surface area contributed by atoms with Gasteiger partial charge in [0.25, 0.3) is 4.96 Å². The van der Waals surface area contributed by atoms with Gasteiger partial charge in [0.1, 0.15) is 11.9 Å². The molecule has 0 aliphatic rings. The van der Waals surface area contributed by atoms with E-state index in [2.05, 4.69) is 10.3 Å². The van der Waals surface area contributed by atoms with Gasteiger partial charge < -0.3 is 20.5 Å². The lowest BCUT2D eigenvalue weighted by molar-refractivity contribution is -0.389. The van der Waals surface area contributed by atoms with Crippen LogP contribution in [0.5, 0.6) is 5.75 Å². The molecule has 0 radical (unpaired) electrons. The van der Waals surface area contributed by atoms with Crippen LogP contribution in [0.15, 0.2) is 35.8 Å². The summed E-state index contributed by atoms with van der Waals surface area (Å²) in [5.74, 6) is 0.458. The Morgan fingerprint density at radius 2 is 2.14 bits per heavy atom. The second kappa shape index (κ2) is 5.41. The predicted octanol–water partition coefficient (Wildman–Crippen LogP) is 2.66. The molecule has 0 bridgehead atoms. The molecule has 2 N–H and O–H groups in total. The third kappa shape index (κ3) is 2.65. The largest absolute Gasteiger partial charge is 0.508 e. The average Bonchev–Trinajstić information content (AvgIpc) is 3.00. The van der Waals surface area contributed by atoms with Gasteiger partial charge in [-0.15, -0.1) is 0 Å². The van der Waals surface area contributed by atoms with Crippen LogP contribution in [0.2, 0.25) is 0 Å². The molecule has 2 heterocycles. The van der Waals surface area contributed by atoms with Gasteiger partial charge in [-0.3, -0.25) is 0 Å². The second-order valence-corrected chi connectivity index (χ2v) is 5.31. The van der Waals surface area contributed by atoms with Gasteiger partial charge in [-0.05, 0) is 29.0 Å². The minimum atomic E-state index is -0.435. The lowest BCUT2D eigenvalue weighted by Crippen LogP contribution is -2.07. The number of nitro groups is 1. The van der Waals surface area contributed by atoms with Crippen LogP contribution in [-0.2, 0) is 6.42 Å². The van der Waals surface area contributed by atoms with Crippen molar-refractivity contribution in [2.24, 2.45) is 0 Å². The lowest BCUT2D eigenvalue weighted by atomic mass is 10.1. The zero-order chi connectivity index (χ0) is 14.8. The van der Waals surface area contributed by atoms with Crippen molar-refractivity contribution in [1.29, 1.82) is 0 Å². The molecule has 1 aromatic carbocycles. The Kier molecular flexibility index (Phi) is 3.44. The summed E-state index contributed by atoms with van der Waals surface area (Å²) >= 11 is 1.35. The van der Waals surface area contributed by atoms with Gasteiger partial charge in [0.2, 0.25) is 5.82 Å². The molecule has 0 spiro atoms. The number of thiazole rings is 1. The van der Waals surface area contributed by atoms with Gasteiger partial charge in [-0.25, -0.2) is 0 Å². The molecule has 7 nitrogen and oxygen atoms in total. The summed E-state index contributed by atoms with van der Waals surface area (Å²) in [6.45, 7) is 0.524. The highest BCUT2D eigenvalue weighted by molar-refractivity contribution is 7.15. The molecule has 21 heavy (non-hydrogen) atoms. The number of phenolic OH excluding ortho intramolecular Hbond substituents is 1. The minimum absolute atomic E-state index is 0.0445. The number of anilines is 1. The van der Waals surface area contributed by atoms with Crippen molar-refractivity contribution < 1.29 is 10.0 Å². The molecule has 0 saturated heterocycles. The Balaban J connectivity index is 1.73. The molecule has 0 fully saturated rings. The average molecular weight is 304 g/mol. The second-order valence-electron chi connectivity index (χ2n) is 4.44. The van der Waals surface area contributed by atoms with Gasteiger partial charge >= 0.3 is 5.82 Å². The normalized spacial score (nSPS) is 10.9. The number of fused-ring (bicyclic) bond motifs is 1. The van der Waals surface area contributed by atoms with E-state index in [1.54, 1.807) is 23.7 Å². The molecular weight excluding hydrogens is 292 g/mol. The third-order valence-electron chi connectivity index (χ3n) is 3.05. The van der Waals surface area contributed by atoms with E-state index < -0.39 is 4.92 Å². The van der Waals surface area contributed by atoms with E-state index >= 15 is 0 Å². The zero-order valence-corrected chi connectivity index (χ0v) is 11.7. The summed E-state index contributed by atoms with van der Waals surface area (Å²) in [6, 6.07) is 6.86. The van der Waals surface area contributed by atoms with Gasteiger partial charge in [0.15, 0.2) is 0 Å². The molecule has 8 heteroatoms. The molecule has 2 aromatic heterocycles. The van der Waals surface area contributed by atoms with Crippen LogP contribution in [0, 0.1) is 10.1 Å². The van der Waals surface area contributed by atoms with E-state index in [0.717, 1.165) is 5.56 Å². The van der Waals surface area contributed by atoms with Crippen LogP contribution in [0.3, 0.4) is 0 Å². The van der Waals surface area contributed by atoms with Crippen LogP contribution in [0.25, 0.3) is 4.96 Å². The van der Waals surface area contributed by atoms with Crippen molar-refractivity contribution in [1.82, 2.24) is 9.38 Å². The Bertz CT molecular complexity index is 778. The Labute approximate surface area is 123 Å². The van der Waals surface area contributed by atoms with Gasteiger partial charge in [0.05, 0.1) is 0 Å². The zero-order valence-electron chi connectivity index (χ0n) is 10.9. The molecule has 3 rings (SSSR count). The number of hydrogen-bond acceptors (Lipinski definition) is 6. The quantitative estimate of drug-likeness (QED) is 0.558. The Morgan fingerprint density at radius 3 is 2.86 bits per heavy atom. The number of nitrogens with one attached hydrogen (secondary N) is 1. The molecule has 0 aliphatic carbocycles. The SMILES string of the molecule is O=[N+]([O-])c1c(NCCc2ccc(O)cc2)nc2sccn12. The smallest absolute Gasteiger partial charge is 0.372 e. The number of imidazole rings is 1. The van der Waals surface area contributed by atoms with Crippen molar-refractivity contribution in [3.05, 3.63) is 51.5 Å². The van der Waals surface area contributed by atoms with Crippen LogP contribution in [-0.4, -0.2) is 26.0 Å². The highest BCUT2D eigenvalue weighted by Crippen LogP contribution is 2.27. The maximum Gasteiger partial charge on any atom is 0.372 e. The first-order valence-electron chi connectivity index (χ1n) is 6.27. The van der Waals surface area contributed by atoms with E-state index in [0.29, 0.717) is 17.9 Å². The monoisotopic (exact) mass is 304 g/mol. The highest BCUT2D eigenvalue weighted by Gasteiger charge is 2.22. The molecule has 0 saturated carbocycles. The lowest BCUT2D eigenvalue weighted by Gasteiger charge is -2.04. The topological polar surface area (TPSA) is 92.7 Å². The first-order chi connectivity index (χ1) is 10.1. The summed E-state index contributed by atoms with van der Waals surface area (Å²) in [7, 11) is 0. The minimum Gasteiger partial charge on any atom is -0.508 e. The van der Waals surface area contributed by atoms with Crippen LogP contribution in [0.1, 0.15) is 5.56 Å². The Hall–Kier alpha value is -2.61. The summed E-state index contributed by atoms with van der Waals surface area (Å²) in [5.41, 5.74) is 1.03. The molecule has 0 amide bonds. The number of nitrogens with zero attached hydrogens (tertiary/aromatic N) is 3. The first kappa shape index (κ1) is 13.4. The molecule has 0 unspecified atom stereocenters. The van der Waals surface area contributed by atoms with E-state index in [1.165, 1.54) is 15.7 Å². The molecular formula is C13H12N4O3S. The third-order valence-corrected chi connectivity index (χ3v) is 3.81. The Morgan fingerprint density at radius 1 is 1.38 bits per heavy atom. The summed E-state index contributed by atoms with van der Waals surface area (Å²) < 4.78 is 1.47. The maximum absolute atomic E-state index is 11.1. The van der Waals surface area contributed by atoms with Gasteiger partial charge in [0, 0.05) is 11.9 Å². The van der Waals surface area contributed by atoms with Gasteiger partial charge in [-0.2, -0.15) is 9.38 Å². The fourth-order valence-electron chi connectivity index (χ4n) is 2.05. The molecule has 108 valence electrons. The van der Waals surface area contributed by atoms with E-state index in [4.69, 9.17) is 0 Å². The van der Waals surface area contributed by atoms with Crippen molar-refractivity contribution >= 4 is 27.9 Å². The molecule has 0 atom stereocenters. The summed E-state index contributed by atoms with van der Waals surface area (Å²) in [6.07, 6.45) is 2.32. The number of phenols is 1. The van der Waals surface area contributed by atoms with Crippen molar-refractivity contribution in [2.45, 2.75) is 6.42 Å². The van der Waals surface area contributed by atoms with Crippen molar-refractivity contribution in [3.63, 3.8) is 0 Å². The summed E-state index contributed by atoms with van der Waals surface area (Å²) in [4.78, 5) is 15.5. The van der Waals surface area contributed by atoms with E-state index in [1.807, 2.05) is 12.1 Å². The molecule has 0 aliphatic heterocycles.